The first-order valence-electron chi connectivity index (χ1n) is 20.7. The Balaban J connectivity index is 1.01. The fourth-order valence-corrected chi connectivity index (χ4v) is 8.99. The van der Waals surface area contributed by atoms with E-state index in [1.165, 1.54) is 110 Å². The van der Waals surface area contributed by atoms with E-state index in [9.17, 15) is 0 Å². The van der Waals surface area contributed by atoms with Crippen LogP contribution in [0.25, 0.3) is 110 Å². The molecular formula is C60H40. The highest BCUT2D eigenvalue weighted by Crippen LogP contribution is 2.40. The molecule has 0 amide bonds. The number of benzene rings is 11. The van der Waals surface area contributed by atoms with Crippen LogP contribution in [-0.2, 0) is 0 Å². The predicted octanol–water partition coefficient (Wildman–Crippen LogP) is 16.8. The zero-order valence-corrected chi connectivity index (χ0v) is 33.1. The summed E-state index contributed by atoms with van der Waals surface area (Å²) in [6, 6.07) is 88.8. The molecule has 0 bridgehead atoms. The fourth-order valence-electron chi connectivity index (χ4n) is 8.99. The second-order valence-corrected chi connectivity index (χ2v) is 15.7. The summed E-state index contributed by atoms with van der Waals surface area (Å²) in [5.74, 6) is 0. The lowest BCUT2D eigenvalue weighted by atomic mass is 9.90. The van der Waals surface area contributed by atoms with Crippen LogP contribution >= 0.6 is 0 Å². The third kappa shape index (κ3) is 6.65. The van der Waals surface area contributed by atoms with E-state index in [-0.39, 0.29) is 0 Å². The van der Waals surface area contributed by atoms with E-state index < -0.39 is 0 Å². The Morgan fingerprint density at radius 3 is 0.717 bits per heavy atom. The molecule has 11 aromatic rings. The molecule has 0 saturated carbocycles. The lowest BCUT2D eigenvalue weighted by Crippen LogP contribution is -1.89. The maximum Gasteiger partial charge on any atom is -0.00928 e. The number of hydrogen-bond donors (Lipinski definition) is 0. The molecule has 0 radical (unpaired) electrons. The number of rotatable bonds is 7. The van der Waals surface area contributed by atoms with Gasteiger partial charge in [-0.2, -0.15) is 0 Å². The fraction of sp³-hybridized carbons (Fsp3) is 0. The largest absolute Gasteiger partial charge is 0.0622 e. The summed E-state index contributed by atoms with van der Waals surface area (Å²) in [5, 5.41) is 7.75. The molecule has 280 valence electrons. The summed E-state index contributed by atoms with van der Waals surface area (Å²) in [5.41, 5.74) is 16.8. The lowest BCUT2D eigenvalue weighted by Gasteiger charge is -2.14. The number of hydrogen-bond acceptors (Lipinski definition) is 0. The van der Waals surface area contributed by atoms with Gasteiger partial charge >= 0.3 is 0 Å². The van der Waals surface area contributed by atoms with Gasteiger partial charge in [-0.15, -0.1) is 0 Å². The van der Waals surface area contributed by atoms with E-state index >= 15 is 0 Å². The molecule has 0 saturated heterocycles. The minimum Gasteiger partial charge on any atom is -0.0622 e. The summed E-state index contributed by atoms with van der Waals surface area (Å²) in [6.07, 6.45) is 0. The van der Waals surface area contributed by atoms with Gasteiger partial charge in [0.15, 0.2) is 0 Å². The predicted molar refractivity (Wildman–Crippen MR) is 257 cm³/mol. The molecule has 0 fully saturated rings. The monoisotopic (exact) mass is 760 g/mol. The average molecular weight is 761 g/mol. The molecule has 0 atom stereocenters. The van der Waals surface area contributed by atoms with Crippen LogP contribution in [0.4, 0.5) is 0 Å². The summed E-state index contributed by atoms with van der Waals surface area (Å²) < 4.78 is 0. The Morgan fingerprint density at radius 1 is 0.117 bits per heavy atom. The van der Waals surface area contributed by atoms with Gasteiger partial charge in [-0.3, -0.25) is 0 Å². The molecule has 0 aliphatic heterocycles. The molecule has 0 spiro atoms. The normalized spacial score (nSPS) is 11.3. The standard InChI is InChI=1S/C60H40/c1-3-15-41(16-4-1)43-19-11-24-48(33-43)52-37-53(49-25-12-20-44(34-49)42-17-5-2-6-18-42)39-54(38-52)50-26-14-22-46(36-50)45-21-13-23-47(35-45)51-31-32-59-57-29-8-7-27-55(57)56-28-9-10-30-58(56)60(59)40-51/h1-40H. The molecule has 0 N–H and O–H groups in total. The van der Waals surface area contributed by atoms with Crippen molar-refractivity contribution >= 4 is 32.3 Å². The van der Waals surface area contributed by atoms with Crippen LogP contribution < -0.4 is 0 Å². The summed E-state index contributed by atoms with van der Waals surface area (Å²) >= 11 is 0. The molecule has 0 aliphatic rings. The Labute approximate surface area is 351 Å². The Kier molecular flexibility index (Phi) is 8.95. The SMILES string of the molecule is c1ccc(-c2cccc(-c3cc(-c4cccc(-c5ccccc5)c4)cc(-c4cccc(-c5cccc(-c6ccc7c8ccccc8c8ccccc8c7c6)c5)c4)c3)c2)cc1. The lowest BCUT2D eigenvalue weighted by molar-refractivity contribution is 1.54. The summed E-state index contributed by atoms with van der Waals surface area (Å²) in [6.45, 7) is 0. The first-order valence-corrected chi connectivity index (χ1v) is 20.7. The topological polar surface area (TPSA) is 0 Å². The maximum absolute atomic E-state index is 2.38. The van der Waals surface area contributed by atoms with Crippen LogP contribution in [0.15, 0.2) is 243 Å². The van der Waals surface area contributed by atoms with E-state index in [4.69, 9.17) is 0 Å². The van der Waals surface area contributed by atoms with Gasteiger partial charge in [-0.05, 0) is 159 Å². The van der Waals surface area contributed by atoms with Crippen molar-refractivity contribution in [3.63, 3.8) is 0 Å². The van der Waals surface area contributed by atoms with Crippen LogP contribution in [0.3, 0.4) is 0 Å². The van der Waals surface area contributed by atoms with Gasteiger partial charge in [0.05, 0.1) is 0 Å². The molecule has 0 heteroatoms. The van der Waals surface area contributed by atoms with Crippen LogP contribution in [0.2, 0.25) is 0 Å². The van der Waals surface area contributed by atoms with Gasteiger partial charge in [0, 0.05) is 0 Å². The zero-order valence-electron chi connectivity index (χ0n) is 33.1. The second-order valence-electron chi connectivity index (χ2n) is 15.7. The molecule has 0 heterocycles. The minimum atomic E-state index is 1.18. The van der Waals surface area contributed by atoms with Crippen LogP contribution in [0.5, 0.6) is 0 Å². The number of fused-ring (bicyclic) bond motifs is 6. The molecule has 0 aromatic heterocycles. The first kappa shape index (κ1) is 35.4. The maximum atomic E-state index is 2.38. The Hall–Kier alpha value is -7.80. The van der Waals surface area contributed by atoms with Gasteiger partial charge in [0.1, 0.15) is 0 Å². The van der Waals surface area contributed by atoms with Crippen molar-refractivity contribution in [3.05, 3.63) is 243 Å². The van der Waals surface area contributed by atoms with Gasteiger partial charge in [-0.1, -0.05) is 194 Å². The van der Waals surface area contributed by atoms with Crippen molar-refractivity contribution in [2.24, 2.45) is 0 Å². The third-order valence-electron chi connectivity index (χ3n) is 12.0. The molecule has 11 aromatic carbocycles. The quantitative estimate of drug-likeness (QED) is 0.142. The van der Waals surface area contributed by atoms with Crippen LogP contribution in [-0.4, -0.2) is 0 Å². The Morgan fingerprint density at radius 2 is 0.350 bits per heavy atom. The highest BCUT2D eigenvalue weighted by Gasteiger charge is 2.13. The van der Waals surface area contributed by atoms with Crippen LogP contribution in [0.1, 0.15) is 0 Å². The zero-order chi connectivity index (χ0) is 39.8. The van der Waals surface area contributed by atoms with Crippen LogP contribution in [0, 0.1) is 0 Å². The smallest absolute Gasteiger partial charge is 0.00928 e. The van der Waals surface area contributed by atoms with E-state index in [0.29, 0.717) is 0 Å². The summed E-state index contributed by atoms with van der Waals surface area (Å²) in [4.78, 5) is 0. The van der Waals surface area contributed by atoms with Gasteiger partial charge in [0.25, 0.3) is 0 Å². The van der Waals surface area contributed by atoms with E-state index in [1.54, 1.807) is 0 Å². The molecule has 11 rings (SSSR count). The van der Waals surface area contributed by atoms with E-state index in [1.807, 2.05) is 0 Å². The van der Waals surface area contributed by atoms with E-state index in [2.05, 4.69) is 243 Å². The molecule has 0 unspecified atom stereocenters. The Bertz CT molecular complexity index is 3220. The van der Waals surface area contributed by atoms with Crippen molar-refractivity contribution in [2.45, 2.75) is 0 Å². The van der Waals surface area contributed by atoms with E-state index in [0.717, 1.165) is 0 Å². The molecular weight excluding hydrogens is 721 g/mol. The molecule has 0 aliphatic carbocycles. The average Bonchev–Trinajstić information content (AvgIpc) is 3.34. The first-order chi connectivity index (χ1) is 29.7. The summed E-state index contributed by atoms with van der Waals surface area (Å²) in [7, 11) is 0. The van der Waals surface area contributed by atoms with Crippen molar-refractivity contribution < 1.29 is 0 Å². The third-order valence-corrected chi connectivity index (χ3v) is 12.0. The van der Waals surface area contributed by atoms with Gasteiger partial charge < -0.3 is 0 Å². The minimum absolute atomic E-state index is 1.18. The highest BCUT2D eigenvalue weighted by molar-refractivity contribution is 6.25. The highest BCUT2D eigenvalue weighted by atomic mass is 14.2. The van der Waals surface area contributed by atoms with Crippen molar-refractivity contribution in [2.75, 3.05) is 0 Å². The molecule has 60 heavy (non-hydrogen) atoms. The molecule has 0 nitrogen and oxygen atoms in total. The van der Waals surface area contributed by atoms with Gasteiger partial charge in [-0.25, -0.2) is 0 Å². The van der Waals surface area contributed by atoms with Crippen molar-refractivity contribution in [1.29, 1.82) is 0 Å². The van der Waals surface area contributed by atoms with Crippen molar-refractivity contribution in [1.82, 2.24) is 0 Å². The van der Waals surface area contributed by atoms with Crippen molar-refractivity contribution in [3.8, 4) is 77.9 Å². The van der Waals surface area contributed by atoms with Gasteiger partial charge in [0.2, 0.25) is 0 Å². The second kappa shape index (κ2) is 15.2.